The Kier molecular flexibility index (Phi) is 2.72. The summed E-state index contributed by atoms with van der Waals surface area (Å²) in [5.74, 6) is 1.09. The maximum atomic E-state index is 5.45. The van der Waals surface area contributed by atoms with Gasteiger partial charge in [-0.3, -0.25) is 0 Å². The van der Waals surface area contributed by atoms with Crippen molar-refractivity contribution in [2.24, 2.45) is 0 Å². The summed E-state index contributed by atoms with van der Waals surface area (Å²) in [6.07, 6.45) is 3.28. The van der Waals surface area contributed by atoms with Crippen LogP contribution in [-0.2, 0) is 12.8 Å². The summed E-state index contributed by atoms with van der Waals surface area (Å²) in [6.45, 7) is 2.11. The van der Waals surface area contributed by atoms with E-state index in [-0.39, 0.29) is 0 Å². The van der Waals surface area contributed by atoms with E-state index in [0.717, 1.165) is 12.8 Å². The molecule has 2 aromatic rings. The molecule has 78 valence electrons. The summed E-state index contributed by atoms with van der Waals surface area (Å²) < 4.78 is 5.21. The van der Waals surface area contributed by atoms with Gasteiger partial charge < -0.3 is 10.2 Å². The molecular formula is C12H14N2O. The lowest BCUT2D eigenvalue weighted by atomic mass is 10.0. The Hall–Kier alpha value is -1.77. The fraction of sp³-hybridized carbons (Fsp3) is 0.250. The maximum Gasteiger partial charge on any atom is 0.211 e. The molecule has 0 atom stereocenters. The number of oxazole rings is 1. The lowest BCUT2D eigenvalue weighted by molar-refractivity contribution is 0.509. The summed E-state index contributed by atoms with van der Waals surface area (Å²) in [6, 6.07) is 8.33. The van der Waals surface area contributed by atoms with Gasteiger partial charge >= 0.3 is 0 Å². The molecule has 1 aromatic carbocycles. The van der Waals surface area contributed by atoms with Crippen LogP contribution in [0, 0.1) is 6.92 Å². The highest BCUT2D eigenvalue weighted by atomic mass is 16.4. The normalized spacial score (nSPS) is 10.5. The Morgan fingerprint density at radius 1 is 1.27 bits per heavy atom. The van der Waals surface area contributed by atoms with Crippen LogP contribution in [0.15, 0.2) is 34.9 Å². The van der Waals surface area contributed by atoms with Crippen LogP contribution in [-0.4, -0.2) is 4.98 Å². The van der Waals surface area contributed by atoms with E-state index in [0.29, 0.717) is 11.8 Å². The first-order valence-electron chi connectivity index (χ1n) is 5.00. The monoisotopic (exact) mass is 202 g/mol. The number of nitrogen functional groups attached to an aromatic ring is 1. The third-order valence-corrected chi connectivity index (χ3v) is 2.44. The minimum absolute atomic E-state index is 0.384. The van der Waals surface area contributed by atoms with Crippen LogP contribution in [0.4, 0.5) is 5.88 Å². The first-order chi connectivity index (χ1) is 7.25. The molecule has 3 heteroatoms. The summed E-state index contributed by atoms with van der Waals surface area (Å²) in [7, 11) is 0. The van der Waals surface area contributed by atoms with Crippen LogP contribution >= 0.6 is 0 Å². The van der Waals surface area contributed by atoms with Crippen LogP contribution in [0.1, 0.15) is 17.0 Å². The molecule has 1 heterocycles. The van der Waals surface area contributed by atoms with E-state index in [1.807, 2.05) is 12.1 Å². The second kappa shape index (κ2) is 4.17. The van der Waals surface area contributed by atoms with E-state index < -0.39 is 0 Å². The maximum absolute atomic E-state index is 5.45. The summed E-state index contributed by atoms with van der Waals surface area (Å²) >= 11 is 0. The van der Waals surface area contributed by atoms with Crippen molar-refractivity contribution in [3.8, 4) is 0 Å². The van der Waals surface area contributed by atoms with Gasteiger partial charge in [-0.15, -0.1) is 0 Å². The molecule has 0 amide bonds. The van der Waals surface area contributed by atoms with Gasteiger partial charge in [-0.25, -0.2) is 4.98 Å². The van der Waals surface area contributed by atoms with Gasteiger partial charge in [0.1, 0.15) is 0 Å². The fourth-order valence-corrected chi connectivity index (χ4v) is 1.57. The zero-order chi connectivity index (χ0) is 10.7. The molecule has 0 saturated carbocycles. The van der Waals surface area contributed by atoms with Crippen LogP contribution in [0.3, 0.4) is 0 Å². The molecule has 0 unspecified atom stereocenters. The van der Waals surface area contributed by atoms with E-state index in [4.69, 9.17) is 10.2 Å². The van der Waals surface area contributed by atoms with Gasteiger partial charge in [-0.2, -0.15) is 0 Å². The van der Waals surface area contributed by atoms with Crippen molar-refractivity contribution in [3.05, 3.63) is 47.5 Å². The number of aryl methyl sites for hydroxylation is 3. The smallest absolute Gasteiger partial charge is 0.211 e. The molecule has 15 heavy (non-hydrogen) atoms. The van der Waals surface area contributed by atoms with E-state index in [1.54, 1.807) is 6.20 Å². The third kappa shape index (κ3) is 2.37. The van der Waals surface area contributed by atoms with Crippen molar-refractivity contribution >= 4 is 5.88 Å². The number of anilines is 1. The van der Waals surface area contributed by atoms with Crippen molar-refractivity contribution in [1.29, 1.82) is 0 Å². The van der Waals surface area contributed by atoms with Crippen LogP contribution in [0.25, 0.3) is 0 Å². The quantitative estimate of drug-likeness (QED) is 0.831. The molecule has 0 radical (unpaired) electrons. The van der Waals surface area contributed by atoms with Gasteiger partial charge in [0.25, 0.3) is 0 Å². The lowest BCUT2D eigenvalue weighted by Gasteiger charge is -2.02. The number of aromatic nitrogens is 1. The minimum atomic E-state index is 0.384. The molecule has 0 spiro atoms. The largest absolute Gasteiger partial charge is 0.426 e. The van der Waals surface area contributed by atoms with E-state index >= 15 is 0 Å². The molecule has 0 bridgehead atoms. The Balaban J connectivity index is 2.02. The van der Waals surface area contributed by atoms with Gasteiger partial charge in [0.05, 0.1) is 6.20 Å². The zero-order valence-corrected chi connectivity index (χ0v) is 8.73. The highest BCUT2D eigenvalue weighted by molar-refractivity contribution is 5.26. The average molecular weight is 202 g/mol. The predicted octanol–water partition coefficient (Wildman–Crippen LogP) is 2.35. The SMILES string of the molecule is Cc1ccccc1CCc1ncc(N)o1. The van der Waals surface area contributed by atoms with Crippen molar-refractivity contribution in [2.45, 2.75) is 19.8 Å². The molecular weight excluding hydrogens is 188 g/mol. The Morgan fingerprint density at radius 2 is 2.07 bits per heavy atom. The van der Waals surface area contributed by atoms with Crippen LogP contribution in [0.2, 0.25) is 0 Å². The molecule has 0 saturated heterocycles. The van der Waals surface area contributed by atoms with Crippen LogP contribution in [0.5, 0.6) is 0 Å². The highest BCUT2D eigenvalue weighted by Crippen LogP contribution is 2.12. The second-order valence-electron chi connectivity index (χ2n) is 3.58. The van der Waals surface area contributed by atoms with Crippen molar-refractivity contribution in [2.75, 3.05) is 5.73 Å². The molecule has 3 nitrogen and oxygen atoms in total. The first-order valence-corrected chi connectivity index (χ1v) is 5.00. The summed E-state index contributed by atoms with van der Waals surface area (Å²) in [4.78, 5) is 4.07. The van der Waals surface area contributed by atoms with Gasteiger partial charge in [-0.1, -0.05) is 24.3 Å². The highest BCUT2D eigenvalue weighted by Gasteiger charge is 2.03. The van der Waals surface area contributed by atoms with Gasteiger partial charge in [0.15, 0.2) is 5.89 Å². The predicted molar refractivity (Wildman–Crippen MR) is 59.5 cm³/mol. The molecule has 0 aliphatic carbocycles. The van der Waals surface area contributed by atoms with E-state index in [1.165, 1.54) is 11.1 Å². The summed E-state index contributed by atoms with van der Waals surface area (Å²) in [5.41, 5.74) is 8.08. The summed E-state index contributed by atoms with van der Waals surface area (Å²) in [5, 5.41) is 0. The van der Waals surface area contributed by atoms with Gasteiger partial charge in [0, 0.05) is 6.42 Å². The first kappa shape index (κ1) is 9.77. The van der Waals surface area contributed by atoms with E-state index in [9.17, 15) is 0 Å². The number of nitrogens with two attached hydrogens (primary N) is 1. The molecule has 1 aromatic heterocycles. The van der Waals surface area contributed by atoms with Crippen molar-refractivity contribution in [1.82, 2.24) is 4.98 Å². The molecule has 2 rings (SSSR count). The topological polar surface area (TPSA) is 52.0 Å². The zero-order valence-electron chi connectivity index (χ0n) is 8.73. The van der Waals surface area contributed by atoms with Crippen molar-refractivity contribution in [3.63, 3.8) is 0 Å². The number of benzene rings is 1. The van der Waals surface area contributed by atoms with Crippen molar-refractivity contribution < 1.29 is 4.42 Å². The van der Waals surface area contributed by atoms with Gasteiger partial charge in [0.2, 0.25) is 5.88 Å². The molecule has 0 aliphatic rings. The Bertz CT molecular complexity index is 448. The third-order valence-electron chi connectivity index (χ3n) is 2.44. The number of nitrogens with zero attached hydrogens (tertiary/aromatic N) is 1. The number of rotatable bonds is 3. The standard InChI is InChI=1S/C12H14N2O/c1-9-4-2-3-5-10(9)6-7-12-14-8-11(13)15-12/h2-5,8H,6-7,13H2,1H3. The molecule has 0 aliphatic heterocycles. The molecule has 2 N–H and O–H groups in total. The van der Waals surface area contributed by atoms with Crippen LogP contribution < -0.4 is 5.73 Å². The minimum Gasteiger partial charge on any atom is -0.426 e. The fourth-order valence-electron chi connectivity index (χ4n) is 1.57. The Labute approximate surface area is 88.9 Å². The molecule has 0 fully saturated rings. The lowest BCUT2D eigenvalue weighted by Crippen LogP contribution is -1.93. The Morgan fingerprint density at radius 3 is 2.73 bits per heavy atom. The number of hydrogen-bond donors (Lipinski definition) is 1. The van der Waals surface area contributed by atoms with E-state index in [2.05, 4.69) is 24.0 Å². The average Bonchev–Trinajstić information content (AvgIpc) is 2.63. The van der Waals surface area contributed by atoms with Gasteiger partial charge in [-0.05, 0) is 24.5 Å². The number of hydrogen-bond acceptors (Lipinski definition) is 3. The second-order valence-corrected chi connectivity index (χ2v) is 3.58.